The molecule has 0 aromatic heterocycles. The van der Waals surface area contributed by atoms with Gasteiger partial charge in [0.15, 0.2) is 0 Å². The summed E-state index contributed by atoms with van der Waals surface area (Å²) in [7, 11) is -3.23. The van der Waals surface area contributed by atoms with Gasteiger partial charge in [-0.2, -0.15) is 17.0 Å². The van der Waals surface area contributed by atoms with Crippen LogP contribution in [0, 0.1) is 5.92 Å². The zero-order valence-corrected chi connectivity index (χ0v) is 11.3. The Bertz CT molecular complexity index is 350. The van der Waals surface area contributed by atoms with Gasteiger partial charge in [-0.25, -0.2) is 0 Å². The molecule has 0 spiro atoms. The summed E-state index contributed by atoms with van der Waals surface area (Å²) in [5.74, 6) is 0.477. The topological polar surface area (TPSA) is 66.6 Å². The largest absolute Gasteiger partial charge is 0.328 e. The molecule has 100 valence electrons. The molecule has 1 atom stereocenters. The van der Waals surface area contributed by atoms with E-state index >= 15 is 0 Å². The van der Waals surface area contributed by atoms with Crippen LogP contribution in [0.2, 0.25) is 0 Å². The molecule has 2 aliphatic rings. The first-order valence-electron chi connectivity index (χ1n) is 6.51. The van der Waals surface area contributed by atoms with E-state index in [0.717, 1.165) is 25.7 Å². The van der Waals surface area contributed by atoms with E-state index in [-0.39, 0.29) is 6.04 Å². The third-order valence-corrected chi connectivity index (χ3v) is 5.77. The fourth-order valence-electron chi connectivity index (χ4n) is 2.63. The molecule has 0 bridgehead atoms. The Morgan fingerprint density at radius 2 is 1.71 bits per heavy atom. The van der Waals surface area contributed by atoms with Gasteiger partial charge in [-0.3, -0.25) is 0 Å². The number of piperidine rings is 2. The molecule has 2 heterocycles. The first kappa shape index (κ1) is 13.3. The maximum Gasteiger partial charge on any atom is 0.281 e. The molecule has 2 fully saturated rings. The number of rotatable bonds is 2. The summed E-state index contributed by atoms with van der Waals surface area (Å²) in [6.45, 7) is 4.62. The molecule has 0 aromatic rings. The number of hydrogen-bond acceptors (Lipinski definition) is 3. The minimum atomic E-state index is -3.23. The zero-order chi connectivity index (χ0) is 12.5. The molecule has 0 saturated carbocycles. The molecule has 2 N–H and O–H groups in total. The maximum atomic E-state index is 12.4. The molecule has 2 saturated heterocycles. The average Bonchev–Trinajstić information content (AvgIpc) is 2.29. The van der Waals surface area contributed by atoms with Gasteiger partial charge in [0, 0.05) is 32.2 Å². The van der Waals surface area contributed by atoms with Crippen LogP contribution in [-0.2, 0) is 10.2 Å². The SMILES string of the molecule is CC1CCCN(S(=O)(=O)N2CCC(N)CC2)C1. The van der Waals surface area contributed by atoms with E-state index in [2.05, 4.69) is 6.92 Å². The molecule has 0 aromatic carbocycles. The highest BCUT2D eigenvalue weighted by Crippen LogP contribution is 2.22. The lowest BCUT2D eigenvalue weighted by molar-refractivity contribution is 0.242. The quantitative estimate of drug-likeness (QED) is 0.782. The Balaban J connectivity index is 2.02. The number of nitrogens with zero attached hydrogens (tertiary/aromatic N) is 2. The van der Waals surface area contributed by atoms with E-state index in [1.54, 1.807) is 8.61 Å². The van der Waals surface area contributed by atoms with Crippen LogP contribution in [-0.4, -0.2) is 49.2 Å². The molecule has 0 radical (unpaired) electrons. The van der Waals surface area contributed by atoms with E-state index in [1.165, 1.54) is 0 Å². The van der Waals surface area contributed by atoms with Gasteiger partial charge in [-0.05, 0) is 31.6 Å². The average molecular weight is 261 g/mol. The van der Waals surface area contributed by atoms with Crippen molar-refractivity contribution in [3.63, 3.8) is 0 Å². The maximum absolute atomic E-state index is 12.4. The van der Waals surface area contributed by atoms with Crippen LogP contribution in [0.4, 0.5) is 0 Å². The summed E-state index contributed by atoms with van der Waals surface area (Å²) in [6, 6.07) is 0.168. The van der Waals surface area contributed by atoms with Crippen molar-refractivity contribution in [2.24, 2.45) is 11.7 Å². The highest BCUT2D eigenvalue weighted by Gasteiger charge is 2.34. The van der Waals surface area contributed by atoms with E-state index in [4.69, 9.17) is 5.73 Å². The highest BCUT2D eigenvalue weighted by molar-refractivity contribution is 7.86. The van der Waals surface area contributed by atoms with Crippen molar-refractivity contribution in [1.29, 1.82) is 0 Å². The number of hydrogen-bond donors (Lipinski definition) is 1. The molecule has 0 aliphatic carbocycles. The van der Waals surface area contributed by atoms with Crippen molar-refractivity contribution in [2.45, 2.75) is 38.6 Å². The van der Waals surface area contributed by atoms with Crippen molar-refractivity contribution in [1.82, 2.24) is 8.61 Å². The first-order valence-corrected chi connectivity index (χ1v) is 7.90. The first-order chi connectivity index (χ1) is 8.00. The summed E-state index contributed by atoms with van der Waals surface area (Å²) < 4.78 is 28.1. The van der Waals surface area contributed by atoms with Crippen LogP contribution in [0.25, 0.3) is 0 Å². The summed E-state index contributed by atoms with van der Waals surface area (Å²) in [4.78, 5) is 0. The molecule has 2 rings (SSSR count). The Morgan fingerprint density at radius 3 is 2.29 bits per heavy atom. The molecule has 5 nitrogen and oxygen atoms in total. The van der Waals surface area contributed by atoms with Gasteiger partial charge in [0.25, 0.3) is 10.2 Å². The molecule has 0 amide bonds. The van der Waals surface area contributed by atoms with Crippen LogP contribution in [0.3, 0.4) is 0 Å². The van der Waals surface area contributed by atoms with Crippen molar-refractivity contribution in [3.8, 4) is 0 Å². The van der Waals surface area contributed by atoms with Crippen molar-refractivity contribution in [2.75, 3.05) is 26.2 Å². The molecule has 17 heavy (non-hydrogen) atoms. The fourth-order valence-corrected chi connectivity index (χ4v) is 4.43. The molecular weight excluding hydrogens is 238 g/mol. The normalized spacial score (nSPS) is 30.6. The minimum absolute atomic E-state index is 0.168. The van der Waals surface area contributed by atoms with Gasteiger partial charge < -0.3 is 5.73 Å². The van der Waals surface area contributed by atoms with Gasteiger partial charge >= 0.3 is 0 Å². The van der Waals surface area contributed by atoms with Crippen molar-refractivity contribution >= 4 is 10.2 Å². The van der Waals surface area contributed by atoms with Gasteiger partial charge in [-0.15, -0.1) is 0 Å². The van der Waals surface area contributed by atoms with Crippen LogP contribution in [0.5, 0.6) is 0 Å². The highest BCUT2D eigenvalue weighted by atomic mass is 32.2. The van der Waals surface area contributed by atoms with E-state index < -0.39 is 10.2 Å². The monoisotopic (exact) mass is 261 g/mol. The predicted molar refractivity (Wildman–Crippen MR) is 67.7 cm³/mol. The molecular formula is C11H23N3O2S. The second-order valence-corrected chi connectivity index (χ2v) is 7.28. The summed E-state index contributed by atoms with van der Waals surface area (Å²) in [6.07, 6.45) is 3.68. The van der Waals surface area contributed by atoms with Crippen molar-refractivity contribution in [3.05, 3.63) is 0 Å². The van der Waals surface area contributed by atoms with E-state index in [1.807, 2.05) is 0 Å². The van der Waals surface area contributed by atoms with Gasteiger partial charge in [0.1, 0.15) is 0 Å². The second kappa shape index (κ2) is 5.22. The van der Waals surface area contributed by atoms with E-state index in [9.17, 15) is 8.42 Å². The van der Waals surface area contributed by atoms with Crippen LogP contribution in [0.15, 0.2) is 0 Å². The van der Waals surface area contributed by atoms with Gasteiger partial charge in [0.05, 0.1) is 0 Å². The van der Waals surface area contributed by atoms with E-state index in [0.29, 0.717) is 32.1 Å². The minimum Gasteiger partial charge on any atom is -0.328 e. The Kier molecular flexibility index (Phi) is 4.07. The third-order valence-electron chi connectivity index (χ3n) is 3.77. The smallest absolute Gasteiger partial charge is 0.281 e. The fraction of sp³-hybridized carbons (Fsp3) is 1.00. The van der Waals surface area contributed by atoms with Crippen LogP contribution >= 0.6 is 0 Å². The lowest BCUT2D eigenvalue weighted by Crippen LogP contribution is -2.51. The lowest BCUT2D eigenvalue weighted by Gasteiger charge is -2.36. The molecule has 2 aliphatic heterocycles. The summed E-state index contributed by atoms with van der Waals surface area (Å²) in [5, 5.41) is 0. The third kappa shape index (κ3) is 2.99. The summed E-state index contributed by atoms with van der Waals surface area (Å²) >= 11 is 0. The van der Waals surface area contributed by atoms with Gasteiger partial charge in [-0.1, -0.05) is 6.92 Å². The Hall–Kier alpha value is -0.170. The van der Waals surface area contributed by atoms with Gasteiger partial charge in [0.2, 0.25) is 0 Å². The zero-order valence-electron chi connectivity index (χ0n) is 10.5. The molecule has 6 heteroatoms. The predicted octanol–water partition coefficient (Wildman–Crippen LogP) is 0.386. The Labute approximate surface area is 104 Å². The van der Waals surface area contributed by atoms with Crippen molar-refractivity contribution < 1.29 is 8.42 Å². The Morgan fingerprint density at radius 1 is 1.06 bits per heavy atom. The van der Waals surface area contributed by atoms with Crippen LogP contribution < -0.4 is 5.73 Å². The number of nitrogens with two attached hydrogens (primary N) is 1. The standard InChI is InChI=1S/C11H23N3O2S/c1-10-3-2-6-14(9-10)17(15,16)13-7-4-11(12)5-8-13/h10-11H,2-9,12H2,1H3. The van der Waals surface area contributed by atoms with Crippen LogP contribution in [0.1, 0.15) is 32.6 Å². The summed E-state index contributed by atoms with van der Waals surface area (Å²) in [5.41, 5.74) is 5.81. The lowest BCUT2D eigenvalue weighted by atomic mass is 10.0. The molecule has 1 unspecified atom stereocenters. The second-order valence-electron chi connectivity index (χ2n) is 5.35.